The summed E-state index contributed by atoms with van der Waals surface area (Å²) in [5, 5.41) is 3.79. The van der Waals surface area contributed by atoms with Crippen LogP contribution in [-0.2, 0) is 11.3 Å². The van der Waals surface area contributed by atoms with Gasteiger partial charge in [-0.05, 0) is 74.4 Å². The molecule has 0 aliphatic carbocycles. The molecule has 0 aromatic heterocycles. The van der Waals surface area contributed by atoms with Crippen LogP contribution in [0.3, 0.4) is 0 Å². The molecule has 2 rings (SSSR count). The van der Waals surface area contributed by atoms with Crippen LogP contribution in [-0.4, -0.2) is 26.5 Å². The minimum absolute atomic E-state index is 0.601. The van der Waals surface area contributed by atoms with Gasteiger partial charge in [0.15, 0.2) is 0 Å². The fourth-order valence-electron chi connectivity index (χ4n) is 3.48. The second-order valence-corrected chi connectivity index (χ2v) is 7.79. The van der Waals surface area contributed by atoms with Crippen LogP contribution in [0.15, 0.2) is 53.7 Å². The van der Waals surface area contributed by atoms with Gasteiger partial charge in [0.05, 0.1) is 12.8 Å². The molecule has 0 aliphatic rings. The number of ether oxygens (including phenoxy) is 2. The smallest absolute Gasteiger partial charge is 0.125 e. The molecule has 31 heavy (non-hydrogen) atoms. The summed E-state index contributed by atoms with van der Waals surface area (Å²) in [6, 6.07) is 12.6. The van der Waals surface area contributed by atoms with E-state index in [1.807, 2.05) is 19.1 Å². The van der Waals surface area contributed by atoms with Crippen molar-refractivity contribution >= 4 is 6.21 Å². The normalized spacial score (nSPS) is 11.4. The van der Waals surface area contributed by atoms with E-state index in [0.717, 1.165) is 47.6 Å². The first-order valence-corrected chi connectivity index (χ1v) is 11.3. The molecule has 4 heteroatoms. The monoisotopic (exact) mass is 423 g/mol. The summed E-state index contributed by atoms with van der Waals surface area (Å²) < 4.78 is 11.8. The Kier molecular flexibility index (Phi) is 11.3. The molecule has 0 saturated heterocycles. The summed E-state index contributed by atoms with van der Waals surface area (Å²) in [6.45, 7) is 7.54. The van der Waals surface area contributed by atoms with Crippen LogP contribution in [0.5, 0.6) is 11.5 Å². The molecule has 0 N–H and O–H groups in total. The Morgan fingerprint density at radius 2 is 1.55 bits per heavy atom. The Labute approximate surface area is 187 Å². The summed E-state index contributed by atoms with van der Waals surface area (Å²) in [4.78, 5) is 4.71. The topological polar surface area (TPSA) is 40.0 Å². The van der Waals surface area contributed by atoms with Crippen molar-refractivity contribution in [1.29, 1.82) is 0 Å². The van der Waals surface area contributed by atoms with E-state index in [9.17, 15) is 0 Å². The van der Waals surface area contributed by atoms with E-state index >= 15 is 0 Å². The van der Waals surface area contributed by atoms with Crippen molar-refractivity contribution in [3.05, 3.63) is 70.8 Å². The van der Waals surface area contributed by atoms with Crippen LogP contribution in [0.25, 0.3) is 0 Å². The number of oxime groups is 1. The Bertz CT molecular complexity index is 802. The summed E-state index contributed by atoms with van der Waals surface area (Å²) in [6.07, 6.45) is 12.9. The SMILES string of the molecule is C/C=C/COc1cc(C)c(OCCCCCCCc2ccc(/C=N/OC)cc2)c(C)c1. The highest BCUT2D eigenvalue weighted by molar-refractivity contribution is 5.79. The Morgan fingerprint density at radius 3 is 2.23 bits per heavy atom. The van der Waals surface area contributed by atoms with Gasteiger partial charge in [0.1, 0.15) is 25.2 Å². The summed E-state index contributed by atoms with van der Waals surface area (Å²) in [5.41, 5.74) is 4.71. The Hall–Kier alpha value is -2.75. The van der Waals surface area contributed by atoms with Crippen molar-refractivity contribution in [2.75, 3.05) is 20.3 Å². The second kappa shape index (κ2) is 14.3. The third-order valence-electron chi connectivity index (χ3n) is 5.16. The Balaban J connectivity index is 1.60. The number of hydrogen-bond acceptors (Lipinski definition) is 4. The van der Waals surface area contributed by atoms with E-state index in [1.165, 1.54) is 31.2 Å². The highest BCUT2D eigenvalue weighted by Crippen LogP contribution is 2.28. The molecule has 0 fully saturated rings. The molecular weight excluding hydrogens is 386 g/mol. The highest BCUT2D eigenvalue weighted by Gasteiger charge is 2.07. The zero-order valence-electron chi connectivity index (χ0n) is 19.5. The molecule has 0 heterocycles. The highest BCUT2D eigenvalue weighted by atomic mass is 16.6. The average Bonchev–Trinajstić information content (AvgIpc) is 2.76. The zero-order valence-corrected chi connectivity index (χ0v) is 19.5. The number of unbranched alkanes of at least 4 members (excludes halogenated alkanes) is 4. The van der Waals surface area contributed by atoms with Gasteiger partial charge in [-0.3, -0.25) is 0 Å². The molecule has 4 nitrogen and oxygen atoms in total. The van der Waals surface area contributed by atoms with E-state index in [1.54, 1.807) is 13.3 Å². The largest absolute Gasteiger partial charge is 0.493 e. The average molecular weight is 424 g/mol. The van der Waals surface area contributed by atoms with Crippen LogP contribution in [0.1, 0.15) is 61.3 Å². The van der Waals surface area contributed by atoms with Gasteiger partial charge in [0, 0.05) is 0 Å². The molecule has 168 valence electrons. The second-order valence-electron chi connectivity index (χ2n) is 7.79. The van der Waals surface area contributed by atoms with Crippen LogP contribution >= 0.6 is 0 Å². The van der Waals surface area contributed by atoms with Gasteiger partial charge in [-0.15, -0.1) is 0 Å². The van der Waals surface area contributed by atoms with Gasteiger partial charge in [0.2, 0.25) is 0 Å². The van der Waals surface area contributed by atoms with Crippen LogP contribution in [0, 0.1) is 13.8 Å². The molecule has 2 aromatic rings. The zero-order chi connectivity index (χ0) is 22.3. The number of rotatable bonds is 14. The molecule has 0 spiro atoms. The van der Waals surface area contributed by atoms with Crippen LogP contribution < -0.4 is 9.47 Å². The molecular formula is C27H37NO3. The third-order valence-corrected chi connectivity index (χ3v) is 5.16. The molecule has 0 atom stereocenters. The summed E-state index contributed by atoms with van der Waals surface area (Å²) >= 11 is 0. The lowest BCUT2D eigenvalue weighted by molar-refractivity contribution is 0.215. The lowest BCUT2D eigenvalue weighted by atomic mass is 10.0. The van der Waals surface area contributed by atoms with E-state index in [-0.39, 0.29) is 0 Å². The van der Waals surface area contributed by atoms with Crippen molar-refractivity contribution in [3.8, 4) is 11.5 Å². The number of aryl methyl sites for hydroxylation is 3. The minimum Gasteiger partial charge on any atom is -0.493 e. The van der Waals surface area contributed by atoms with Crippen molar-refractivity contribution in [2.45, 2.75) is 59.3 Å². The molecule has 0 unspecified atom stereocenters. The first-order chi connectivity index (χ1) is 15.1. The van der Waals surface area contributed by atoms with Crippen LogP contribution in [0.2, 0.25) is 0 Å². The van der Waals surface area contributed by atoms with Crippen molar-refractivity contribution in [2.24, 2.45) is 5.16 Å². The number of nitrogens with zero attached hydrogens (tertiary/aromatic N) is 1. The molecule has 0 aliphatic heterocycles. The maximum atomic E-state index is 6.07. The van der Waals surface area contributed by atoms with Gasteiger partial charge >= 0.3 is 0 Å². The fraction of sp³-hybridized carbons (Fsp3) is 0.444. The number of allylic oxidation sites excluding steroid dienone is 1. The predicted molar refractivity (Wildman–Crippen MR) is 130 cm³/mol. The minimum atomic E-state index is 0.601. The number of hydrogen-bond donors (Lipinski definition) is 0. The standard InChI is InChI=1S/C27H37NO3/c1-5-6-17-30-26-19-22(2)27(23(3)20-26)31-18-11-9-7-8-10-12-24-13-15-25(16-14-24)21-28-29-4/h5-6,13-16,19-21H,7-12,17-18H2,1-4H3/b6-5+,28-21+. The van der Waals surface area contributed by atoms with E-state index in [2.05, 4.69) is 55.4 Å². The van der Waals surface area contributed by atoms with Gasteiger partial charge < -0.3 is 14.3 Å². The summed E-state index contributed by atoms with van der Waals surface area (Å²) in [7, 11) is 1.55. The van der Waals surface area contributed by atoms with Gasteiger partial charge in [-0.25, -0.2) is 0 Å². The van der Waals surface area contributed by atoms with Gasteiger partial charge in [0.25, 0.3) is 0 Å². The molecule has 0 amide bonds. The first kappa shape index (κ1) is 24.5. The quantitative estimate of drug-likeness (QED) is 0.145. The van der Waals surface area contributed by atoms with Crippen molar-refractivity contribution in [3.63, 3.8) is 0 Å². The lowest BCUT2D eigenvalue weighted by Gasteiger charge is -2.14. The molecule has 0 bridgehead atoms. The maximum absolute atomic E-state index is 6.07. The molecule has 0 saturated carbocycles. The van der Waals surface area contributed by atoms with E-state index < -0.39 is 0 Å². The molecule has 0 radical (unpaired) electrons. The Morgan fingerprint density at radius 1 is 0.871 bits per heavy atom. The predicted octanol–water partition coefficient (Wildman–Crippen LogP) is 6.81. The van der Waals surface area contributed by atoms with Gasteiger partial charge in [-0.2, -0.15) is 0 Å². The third kappa shape index (κ3) is 9.29. The number of benzene rings is 2. The lowest BCUT2D eigenvalue weighted by Crippen LogP contribution is -2.02. The van der Waals surface area contributed by atoms with Crippen LogP contribution in [0.4, 0.5) is 0 Å². The molecule has 2 aromatic carbocycles. The van der Waals surface area contributed by atoms with Gasteiger partial charge in [-0.1, -0.05) is 60.8 Å². The van der Waals surface area contributed by atoms with Crippen molar-refractivity contribution in [1.82, 2.24) is 0 Å². The fourth-order valence-corrected chi connectivity index (χ4v) is 3.48. The summed E-state index contributed by atoms with van der Waals surface area (Å²) in [5.74, 6) is 1.90. The van der Waals surface area contributed by atoms with E-state index in [4.69, 9.17) is 14.3 Å². The van der Waals surface area contributed by atoms with E-state index in [0.29, 0.717) is 6.61 Å². The van der Waals surface area contributed by atoms with Crippen molar-refractivity contribution < 1.29 is 14.3 Å². The first-order valence-electron chi connectivity index (χ1n) is 11.3. The maximum Gasteiger partial charge on any atom is 0.125 e.